The van der Waals surface area contributed by atoms with Crippen molar-refractivity contribution >= 4 is 6.09 Å². The number of hydrogen-bond acceptors (Lipinski definition) is 2. The van der Waals surface area contributed by atoms with Crippen LogP contribution in [0.5, 0.6) is 0 Å². The first-order chi connectivity index (χ1) is 9.16. The first kappa shape index (κ1) is 11.8. The number of carbonyl (C=O) groups is 1. The minimum Gasteiger partial charge on any atom is -0.465 e. The van der Waals surface area contributed by atoms with Gasteiger partial charge in [-0.25, -0.2) is 9.48 Å². The fourth-order valence-electron chi connectivity index (χ4n) is 2.60. The van der Waals surface area contributed by atoms with Crippen LogP contribution >= 0.6 is 0 Å². The topological polar surface area (TPSA) is 58.4 Å². The normalized spacial score (nSPS) is 18.2. The molecule has 5 heteroatoms. The monoisotopic (exact) mass is 257 g/mol. The van der Waals surface area contributed by atoms with Crippen molar-refractivity contribution in [2.45, 2.75) is 19.5 Å². The summed E-state index contributed by atoms with van der Waals surface area (Å²) in [6, 6.07) is 7.96. The molecule has 1 aromatic carbocycles. The number of hydrogen-bond donors (Lipinski definition) is 1. The molecule has 2 heterocycles. The minimum absolute atomic E-state index is 0.365. The smallest absolute Gasteiger partial charge is 0.409 e. The van der Waals surface area contributed by atoms with Crippen molar-refractivity contribution in [2.24, 2.45) is 0 Å². The van der Waals surface area contributed by atoms with Crippen LogP contribution in [-0.4, -0.2) is 32.4 Å². The Bertz CT molecular complexity index is 621. The molecule has 0 radical (unpaired) electrons. The third kappa shape index (κ3) is 1.97. The maximum atomic E-state index is 11.4. The van der Waals surface area contributed by atoms with E-state index in [0.717, 1.165) is 17.5 Å². The van der Waals surface area contributed by atoms with Gasteiger partial charge < -0.3 is 5.11 Å². The molecular formula is C14H15N3O2. The highest BCUT2D eigenvalue weighted by Crippen LogP contribution is 2.30. The van der Waals surface area contributed by atoms with Gasteiger partial charge in [-0.05, 0) is 30.0 Å². The number of nitrogens with zero attached hydrogens (tertiary/aromatic N) is 3. The highest BCUT2D eigenvalue weighted by atomic mass is 16.4. The van der Waals surface area contributed by atoms with Crippen LogP contribution in [0.25, 0.3) is 0 Å². The summed E-state index contributed by atoms with van der Waals surface area (Å²) in [4.78, 5) is 12.9. The van der Waals surface area contributed by atoms with Gasteiger partial charge in [-0.3, -0.25) is 4.90 Å². The largest absolute Gasteiger partial charge is 0.465 e. The number of carboxylic acid groups (broad SMARTS) is 1. The fraction of sp³-hybridized carbons (Fsp3) is 0.286. The van der Waals surface area contributed by atoms with Crippen LogP contribution in [0.4, 0.5) is 4.79 Å². The standard InChI is InChI=1S/C14H15N3O2/c1-10-8-15-17(9-10)13-12-5-3-2-4-11(12)6-7-16(13)14(18)19/h2-5,8-9,13H,6-7H2,1H3,(H,18,19). The summed E-state index contributed by atoms with van der Waals surface area (Å²) in [6.07, 6.45) is 3.10. The van der Waals surface area contributed by atoms with Gasteiger partial charge in [0.1, 0.15) is 0 Å². The van der Waals surface area contributed by atoms with E-state index in [1.165, 1.54) is 10.5 Å². The number of amides is 1. The summed E-state index contributed by atoms with van der Waals surface area (Å²) in [5.74, 6) is 0. The van der Waals surface area contributed by atoms with Gasteiger partial charge in [0, 0.05) is 12.7 Å². The number of fused-ring (bicyclic) bond motifs is 1. The van der Waals surface area contributed by atoms with E-state index in [4.69, 9.17) is 0 Å². The molecule has 1 N–H and O–H groups in total. The lowest BCUT2D eigenvalue weighted by atomic mass is 9.97. The van der Waals surface area contributed by atoms with E-state index in [1.54, 1.807) is 10.9 Å². The Morgan fingerprint density at radius 3 is 2.89 bits per heavy atom. The SMILES string of the molecule is Cc1cnn(C2c3ccccc3CCN2C(=O)O)c1. The molecule has 1 aliphatic rings. The quantitative estimate of drug-likeness (QED) is 0.852. The molecule has 1 aromatic heterocycles. The summed E-state index contributed by atoms with van der Waals surface area (Å²) in [7, 11) is 0. The fourth-order valence-corrected chi connectivity index (χ4v) is 2.60. The molecule has 3 rings (SSSR count). The van der Waals surface area contributed by atoms with Gasteiger partial charge in [0.15, 0.2) is 6.17 Å². The van der Waals surface area contributed by atoms with E-state index in [0.29, 0.717) is 6.54 Å². The predicted molar refractivity (Wildman–Crippen MR) is 70.0 cm³/mol. The maximum Gasteiger partial charge on any atom is 0.409 e. The molecule has 0 spiro atoms. The third-order valence-corrected chi connectivity index (χ3v) is 3.48. The van der Waals surface area contributed by atoms with E-state index >= 15 is 0 Å². The number of rotatable bonds is 1. The molecule has 1 amide bonds. The van der Waals surface area contributed by atoms with Gasteiger partial charge in [-0.2, -0.15) is 5.10 Å². The van der Waals surface area contributed by atoms with Crippen LogP contribution in [0.2, 0.25) is 0 Å². The molecule has 0 fully saturated rings. The minimum atomic E-state index is -0.910. The van der Waals surface area contributed by atoms with Crippen LogP contribution in [0.15, 0.2) is 36.7 Å². The highest BCUT2D eigenvalue weighted by molar-refractivity contribution is 5.66. The number of aryl methyl sites for hydroxylation is 1. The number of benzene rings is 1. The zero-order valence-electron chi connectivity index (χ0n) is 10.7. The van der Waals surface area contributed by atoms with Crippen LogP contribution in [0.3, 0.4) is 0 Å². The second kappa shape index (κ2) is 4.42. The molecule has 19 heavy (non-hydrogen) atoms. The first-order valence-electron chi connectivity index (χ1n) is 6.25. The average Bonchev–Trinajstić information content (AvgIpc) is 2.83. The Morgan fingerprint density at radius 1 is 1.42 bits per heavy atom. The second-order valence-electron chi connectivity index (χ2n) is 4.80. The second-order valence-corrected chi connectivity index (χ2v) is 4.80. The lowest BCUT2D eigenvalue weighted by Crippen LogP contribution is -2.42. The molecule has 1 atom stereocenters. The lowest BCUT2D eigenvalue weighted by Gasteiger charge is -2.35. The van der Waals surface area contributed by atoms with Crippen molar-refractivity contribution in [2.75, 3.05) is 6.54 Å². The van der Waals surface area contributed by atoms with Crippen LogP contribution in [0.1, 0.15) is 22.9 Å². The number of aromatic nitrogens is 2. The summed E-state index contributed by atoms with van der Waals surface area (Å²) >= 11 is 0. The Morgan fingerprint density at radius 2 is 2.21 bits per heavy atom. The van der Waals surface area contributed by atoms with E-state index in [-0.39, 0.29) is 6.17 Å². The zero-order chi connectivity index (χ0) is 13.4. The van der Waals surface area contributed by atoms with Crippen LogP contribution < -0.4 is 0 Å². The molecule has 0 bridgehead atoms. The van der Waals surface area contributed by atoms with Gasteiger partial charge in [0.2, 0.25) is 0 Å². The van der Waals surface area contributed by atoms with Crippen LogP contribution in [-0.2, 0) is 6.42 Å². The summed E-state index contributed by atoms with van der Waals surface area (Å²) in [6.45, 7) is 2.44. The van der Waals surface area contributed by atoms with Crippen LogP contribution in [0, 0.1) is 6.92 Å². The van der Waals surface area contributed by atoms with Crippen molar-refractivity contribution in [3.05, 3.63) is 53.3 Å². The summed E-state index contributed by atoms with van der Waals surface area (Å²) < 4.78 is 1.72. The molecular weight excluding hydrogens is 242 g/mol. The molecule has 0 saturated carbocycles. The molecule has 98 valence electrons. The summed E-state index contributed by atoms with van der Waals surface area (Å²) in [5.41, 5.74) is 3.23. The molecule has 5 nitrogen and oxygen atoms in total. The van der Waals surface area contributed by atoms with Crippen molar-refractivity contribution in [3.63, 3.8) is 0 Å². The zero-order valence-corrected chi connectivity index (χ0v) is 10.7. The summed E-state index contributed by atoms with van der Waals surface area (Å²) in [5, 5.41) is 13.7. The van der Waals surface area contributed by atoms with Crippen molar-refractivity contribution < 1.29 is 9.90 Å². The molecule has 1 aliphatic heterocycles. The first-order valence-corrected chi connectivity index (χ1v) is 6.25. The van der Waals surface area contributed by atoms with Crippen molar-refractivity contribution in [3.8, 4) is 0 Å². The highest BCUT2D eigenvalue weighted by Gasteiger charge is 2.32. The lowest BCUT2D eigenvalue weighted by molar-refractivity contribution is 0.106. The molecule has 0 aliphatic carbocycles. The Balaban J connectivity index is 2.12. The van der Waals surface area contributed by atoms with Crippen molar-refractivity contribution in [1.82, 2.24) is 14.7 Å². The Hall–Kier alpha value is -2.30. The Labute approximate surface area is 111 Å². The van der Waals surface area contributed by atoms with E-state index in [9.17, 15) is 9.90 Å². The average molecular weight is 257 g/mol. The van der Waals surface area contributed by atoms with Gasteiger partial charge in [-0.15, -0.1) is 0 Å². The van der Waals surface area contributed by atoms with Gasteiger partial charge in [-0.1, -0.05) is 24.3 Å². The van der Waals surface area contributed by atoms with Gasteiger partial charge in [0.25, 0.3) is 0 Å². The van der Waals surface area contributed by atoms with Gasteiger partial charge >= 0.3 is 6.09 Å². The van der Waals surface area contributed by atoms with Crippen molar-refractivity contribution in [1.29, 1.82) is 0 Å². The van der Waals surface area contributed by atoms with Gasteiger partial charge in [0.05, 0.1) is 6.20 Å². The van der Waals surface area contributed by atoms with E-state index in [2.05, 4.69) is 11.2 Å². The molecule has 0 saturated heterocycles. The predicted octanol–water partition coefficient (Wildman–Crippen LogP) is 2.27. The van der Waals surface area contributed by atoms with E-state index < -0.39 is 6.09 Å². The molecule has 2 aromatic rings. The maximum absolute atomic E-state index is 11.4. The third-order valence-electron chi connectivity index (χ3n) is 3.48. The van der Waals surface area contributed by atoms with E-state index in [1.807, 2.05) is 31.3 Å². The molecule has 1 unspecified atom stereocenters. The Kier molecular flexibility index (Phi) is 2.74.